The zero-order valence-electron chi connectivity index (χ0n) is 22.7. The number of aromatic amines is 2. The quantitative estimate of drug-likeness (QED) is 0.0483. The molecule has 0 spiro atoms. The van der Waals surface area contributed by atoms with E-state index < -0.39 is 54.5 Å². The van der Waals surface area contributed by atoms with Gasteiger partial charge in [-0.1, -0.05) is 18.2 Å². The van der Waals surface area contributed by atoms with Crippen LogP contribution in [0.1, 0.15) is 24.1 Å². The molecule has 42 heavy (non-hydrogen) atoms. The summed E-state index contributed by atoms with van der Waals surface area (Å²) in [6.45, 7) is -0.676. The van der Waals surface area contributed by atoms with Crippen LogP contribution < -0.4 is 33.2 Å². The Morgan fingerprint density at radius 2 is 1.64 bits per heavy atom. The molecule has 13 N–H and O–H groups in total. The van der Waals surface area contributed by atoms with Crippen LogP contribution in [0.3, 0.4) is 0 Å². The van der Waals surface area contributed by atoms with Gasteiger partial charge in [-0.2, -0.15) is 0 Å². The molecular formula is C26H36N10O6. The van der Waals surface area contributed by atoms with Crippen LogP contribution in [0.5, 0.6) is 0 Å². The number of aliphatic hydroxyl groups excluding tert-OH is 1. The summed E-state index contributed by atoms with van der Waals surface area (Å²) in [7, 11) is 0. The van der Waals surface area contributed by atoms with E-state index in [1.165, 1.54) is 12.5 Å². The molecule has 2 aromatic heterocycles. The molecule has 2 heterocycles. The number of carbonyl (C=O) groups excluding carboxylic acids is 3. The minimum atomic E-state index is -1.59. The van der Waals surface area contributed by atoms with Crippen LogP contribution in [0.2, 0.25) is 0 Å². The molecule has 16 heteroatoms. The number of carboxylic acids is 1. The summed E-state index contributed by atoms with van der Waals surface area (Å²) in [5.74, 6) is -3.74. The first kappa shape index (κ1) is 31.6. The Labute approximate surface area is 240 Å². The molecule has 3 aromatic rings. The first-order valence-corrected chi connectivity index (χ1v) is 13.2. The molecule has 3 rings (SSSR count). The number of aliphatic hydroxyl groups is 1. The van der Waals surface area contributed by atoms with Gasteiger partial charge in [-0.25, -0.2) is 9.78 Å². The molecule has 4 unspecified atom stereocenters. The van der Waals surface area contributed by atoms with Gasteiger partial charge in [-0.15, -0.1) is 0 Å². The number of guanidine groups is 1. The number of nitrogens with one attached hydrogen (secondary N) is 5. The molecule has 0 fully saturated rings. The predicted octanol–water partition coefficient (Wildman–Crippen LogP) is -2.41. The molecule has 0 saturated carbocycles. The zero-order valence-corrected chi connectivity index (χ0v) is 22.7. The number of H-pyrrole nitrogens is 2. The molecule has 3 amide bonds. The largest absolute Gasteiger partial charge is 0.480 e. The summed E-state index contributed by atoms with van der Waals surface area (Å²) in [6.07, 6.45) is 5.17. The van der Waals surface area contributed by atoms with Gasteiger partial charge in [-0.05, 0) is 24.5 Å². The van der Waals surface area contributed by atoms with E-state index in [-0.39, 0.29) is 31.8 Å². The number of hydrogen-bond acceptors (Lipinski definition) is 8. The second-order valence-corrected chi connectivity index (χ2v) is 9.60. The lowest BCUT2D eigenvalue weighted by atomic mass is 10.0. The number of hydrogen-bond donors (Lipinski definition) is 10. The summed E-state index contributed by atoms with van der Waals surface area (Å²) in [5.41, 5.74) is 18.9. The molecule has 16 nitrogen and oxygen atoms in total. The average molecular weight is 585 g/mol. The van der Waals surface area contributed by atoms with Crippen molar-refractivity contribution in [3.8, 4) is 0 Å². The fourth-order valence-corrected chi connectivity index (χ4v) is 4.24. The zero-order chi connectivity index (χ0) is 30.6. The van der Waals surface area contributed by atoms with Gasteiger partial charge in [0.15, 0.2) is 5.96 Å². The third-order valence-corrected chi connectivity index (χ3v) is 6.44. The molecule has 0 bridgehead atoms. The Kier molecular flexibility index (Phi) is 11.4. The average Bonchev–Trinajstić information content (AvgIpc) is 3.62. The maximum atomic E-state index is 13.5. The number of amides is 3. The fraction of sp³-hybridized carbons (Fsp3) is 0.385. The standard InChI is InChI=1S/C26H36N10O6/c27-17(9-15-11-30-13-33-15)22(38)34-19(6-3-7-31-26(28)29)23(39)35-20(24(40)36-21(12-37)25(41)42)8-14-10-32-18-5-2-1-4-16(14)18/h1-2,4-5,10-11,13,17,19-21,32,37H,3,6-9,12,27H2,(H,30,33)(H,34,38)(H,35,39)(H,36,40)(H,41,42)(H4,28,29,31). The van der Waals surface area contributed by atoms with E-state index in [4.69, 9.17) is 17.2 Å². The SMILES string of the molecule is NC(N)=NCCCC(NC(=O)C(N)Cc1cnc[nH]1)C(=O)NC(Cc1c[nH]c2ccccc12)C(=O)NC(CO)C(=O)O. The Balaban J connectivity index is 1.81. The second-order valence-electron chi connectivity index (χ2n) is 9.60. The van der Waals surface area contributed by atoms with Gasteiger partial charge in [-0.3, -0.25) is 19.4 Å². The van der Waals surface area contributed by atoms with E-state index in [1.54, 1.807) is 6.20 Å². The summed E-state index contributed by atoms with van der Waals surface area (Å²) in [5, 5.41) is 27.0. The van der Waals surface area contributed by atoms with Crippen molar-refractivity contribution in [1.29, 1.82) is 0 Å². The number of nitrogens with zero attached hydrogens (tertiary/aromatic N) is 2. The van der Waals surface area contributed by atoms with Gasteiger partial charge >= 0.3 is 5.97 Å². The van der Waals surface area contributed by atoms with Gasteiger partial charge in [0.25, 0.3) is 0 Å². The Bertz CT molecular complexity index is 1390. The number of aromatic nitrogens is 3. The maximum absolute atomic E-state index is 13.5. The minimum absolute atomic E-state index is 0.0205. The lowest BCUT2D eigenvalue weighted by Crippen LogP contribution is -2.58. The first-order chi connectivity index (χ1) is 20.1. The highest BCUT2D eigenvalue weighted by atomic mass is 16.4. The van der Waals surface area contributed by atoms with Gasteiger partial charge in [0.2, 0.25) is 17.7 Å². The van der Waals surface area contributed by atoms with E-state index in [2.05, 4.69) is 35.9 Å². The normalized spacial score (nSPS) is 13.9. The van der Waals surface area contributed by atoms with Gasteiger partial charge in [0.1, 0.15) is 18.1 Å². The minimum Gasteiger partial charge on any atom is -0.480 e. The van der Waals surface area contributed by atoms with Crippen molar-refractivity contribution in [3.05, 3.63) is 54.2 Å². The van der Waals surface area contributed by atoms with Crippen LogP contribution in [-0.4, -0.2) is 92.1 Å². The van der Waals surface area contributed by atoms with Crippen molar-refractivity contribution < 1.29 is 29.4 Å². The predicted molar refractivity (Wildman–Crippen MR) is 153 cm³/mol. The van der Waals surface area contributed by atoms with E-state index in [1.807, 2.05) is 24.3 Å². The summed E-state index contributed by atoms with van der Waals surface area (Å²) >= 11 is 0. The Morgan fingerprint density at radius 1 is 0.952 bits per heavy atom. The van der Waals surface area contributed by atoms with Crippen LogP contribution in [0.15, 0.2) is 48.0 Å². The molecule has 4 atom stereocenters. The molecule has 0 aliphatic carbocycles. The third-order valence-electron chi connectivity index (χ3n) is 6.44. The molecular weight excluding hydrogens is 548 g/mol. The highest BCUT2D eigenvalue weighted by Gasteiger charge is 2.31. The van der Waals surface area contributed by atoms with Gasteiger partial charge in [0, 0.05) is 48.4 Å². The summed E-state index contributed by atoms with van der Waals surface area (Å²) in [6, 6.07) is 2.33. The number of benzene rings is 1. The van der Waals surface area contributed by atoms with Crippen LogP contribution in [0.25, 0.3) is 10.9 Å². The Hall–Kier alpha value is -4.96. The number of carbonyl (C=O) groups is 4. The van der Waals surface area contributed by atoms with E-state index in [9.17, 15) is 29.4 Å². The van der Waals surface area contributed by atoms with E-state index in [0.29, 0.717) is 17.7 Å². The molecule has 0 aliphatic rings. The van der Waals surface area contributed by atoms with Crippen molar-refractivity contribution in [2.75, 3.05) is 13.2 Å². The van der Waals surface area contributed by atoms with E-state index >= 15 is 0 Å². The smallest absolute Gasteiger partial charge is 0.328 e. The van der Waals surface area contributed by atoms with Crippen LogP contribution >= 0.6 is 0 Å². The number of imidazole rings is 1. The van der Waals surface area contributed by atoms with Crippen LogP contribution in [0.4, 0.5) is 0 Å². The Morgan fingerprint density at radius 3 is 2.31 bits per heavy atom. The number of aliphatic carboxylic acids is 1. The molecule has 0 radical (unpaired) electrons. The molecule has 0 saturated heterocycles. The number of para-hydroxylation sites is 1. The number of aliphatic imine (C=N–C) groups is 1. The maximum Gasteiger partial charge on any atom is 0.328 e. The molecule has 1 aromatic carbocycles. The molecule has 0 aliphatic heterocycles. The van der Waals surface area contributed by atoms with Crippen molar-refractivity contribution >= 4 is 40.6 Å². The number of rotatable bonds is 16. The van der Waals surface area contributed by atoms with Crippen molar-refractivity contribution in [3.63, 3.8) is 0 Å². The summed E-state index contributed by atoms with van der Waals surface area (Å²) in [4.78, 5) is 64.8. The van der Waals surface area contributed by atoms with Gasteiger partial charge < -0.3 is 53.3 Å². The van der Waals surface area contributed by atoms with Crippen molar-refractivity contribution in [2.45, 2.75) is 49.9 Å². The molecule has 226 valence electrons. The number of nitrogens with two attached hydrogens (primary N) is 3. The number of fused-ring (bicyclic) bond motifs is 1. The topological polar surface area (TPSA) is 280 Å². The van der Waals surface area contributed by atoms with Crippen molar-refractivity contribution in [2.24, 2.45) is 22.2 Å². The summed E-state index contributed by atoms with van der Waals surface area (Å²) < 4.78 is 0. The second kappa shape index (κ2) is 15.2. The van der Waals surface area contributed by atoms with Crippen LogP contribution in [0, 0.1) is 0 Å². The highest BCUT2D eigenvalue weighted by Crippen LogP contribution is 2.19. The number of carboxylic acid groups (broad SMARTS) is 1. The lowest BCUT2D eigenvalue weighted by Gasteiger charge is -2.25. The van der Waals surface area contributed by atoms with Gasteiger partial charge in [0.05, 0.1) is 19.0 Å². The van der Waals surface area contributed by atoms with Crippen molar-refractivity contribution in [1.82, 2.24) is 30.9 Å². The first-order valence-electron chi connectivity index (χ1n) is 13.2. The third kappa shape index (κ3) is 9.03. The lowest BCUT2D eigenvalue weighted by molar-refractivity contribution is -0.143. The highest BCUT2D eigenvalue weighted by molar-refractivity contribution is 5.95. The monoisotopic (exact) mass is 584 g/mol. The van der Waals surface area contributed by atoms with Crippen LogP contribution in [-0.2, 0) is 32.0 Å². The van der Waals surface area contributed by atoms with E-state index in [0.717, 1.165) is 10.9 Å². The fourth-order valence-electron chi connectivity index (χ4n) is 4.24.